The van der Waals surface area contributed by atoms with Gasteiger partial charge in [-0.15, -0.1) is 16.9 Å². The van der Waals surface area contributed by atoms with Crippen LogP contribution in [0.15, 0.2) is 64.6 Å². The standard InChI is InChI=1S/C30H30Cl4N4O2S/c1-4-6-10-18(5-2)29(39)35-20-12-13-21(32)24(16-20)36-28-27(41-25-11-8-7-9-17(25)3)30(40)38(37-28)26-22(33)14-19(31)15-23(26)34/h7-9,11-16,18,27H,4-6,10H2,1-3H3,(H,35,39)(H,36,37). The van der Waals surface area contributed by atoms with Gasteiger partial charge in [-0.3, -0.25) is 9.59 Å². The lowest BCUT2D eigenvalue weighted by atomic mass is 9.98. The van der Waals surface area contributed by atoms with Crippen molar-refractivity contribution in [1.29, 1.82) is 0 Å². The van der Waals surface area contributed by atoms with Crippen molar-refractivity contribution in [2.75, 3.05) is 15.6 Å². The van der Waals surface area contributed by atoms with Gasteiger partial charge in [-0.1, -0.05) is 91.3 Å². The highest BCUT2D eigenvalue weighted by Crippen LogP contribution is 2.41. The Balaban J connectivity index is 1.67. The van der Waals surface area contributed by atoms with Crippen molar-refractivity contribution >= 4 is 92.9 Å². The van der Waals surface area contributed by atoms with E-state index in [0.29, 0.717) is 27.3 Å². The van der Waals surface area contributed by atoms with E-state index in [9.17, 15) is 9.59 Å². The largest absolute Gasteiger partial charge is 0.340 e. The summed E-state index contributed by atoms with van der Waals surface area (Å²) < 4.78 is 0. The summed E-state index contributed by atoms with van der Waals surface area (Å²) in [7, 11) is 0. The summed E-state index contributed by atoms with van der Waals surface area (Å²) in [4.78, 5) is 27.7. The van der Waals surface area contributed by atoms with Crippen LogP contribution in [-0.2, 0) is 9.59 Å². The molecule has 0 fully saturated rings. The van der Waals surface area contributed by atoms with Crippen molar-refractivity contribution in [2.24, 2.45) is 11.0 Å². The fourth-order valence-electron chi connectivity index (χ4n) is 4.40. The fraction of sp³-hybridized carbons (Fsp3) is 0.300. The number of thioether (sulfide) groups is 1. The number of hydrogen-bond acceptors (Lipinski definition) is 5. The van der Waals surface area contributed by atoms with E-state index in [2.05, 4.69) is 22.7 Å². The first kappa shape index (κ1) is 31.5. The molecule has 1 heterocycles. The fourth-order valence-corrected chi connectivity index (χ4v) is 6.62. The van der Waals surface area contributed by atoms with Crippen LogP contribution >= 0.6 is 58.2 Å². The Morgan fingerprint density at radius 2 is 1.73 bits per heavy atom. The lowest BCUT2D eigenvalue weighted by molar-refractivity contribution is -0.120. The average molecular weight is 652 g/mol. The zero-order valence-corrected chi connectivity index (χ0v) is 26.7. The van der Waals surface area contributed by atoms with Gasteiger partial charge in [0, 0.05) is 21.5 Å². The second-order valence-electron chi connectivity index (χ2n) is 9.67. The maximum Gasteiger partial charge on any atom is 0.268 e. The van der Waals surface area contributed by atoms with Crippen molar-refractivity contribution in [3.05, 3.63) is 80.3 Å². The highest BCUT2D eigenvalue weighted by molar-refractivity contribution is 8.01. The van der Waals surface area contributed by atoms with Crippen molar-refractivity contribution in [1.82, 2.24) is 0 Å². The van der Waals surface area contributed by atoms with E-state index in [1.807, 2.05) is 38.1 Å². The summed E-state index contributed by atoms with van der Waals surface area (Å²) in [6.07, 6.45) is 3.61. The molecule has 0 radical (unpaired) electrons. The lowest BCUT2D eigenvalue weighted by Gasteiger charge is -2.18. The number of nitrogens with zero attached hydrogens (tertiary/aromatic N) is 2. The summed E-state index contributed by atoms with van der Waals surface area (Å²) in [6, 6.07) is 16.0. The van der Waals surface area contributed by atoms with Crippen LogP contribution in [0.1, 0.15) is 45.1 Å². The third-order valence-corrected chi connectivity index (χ3v) is 9.18. The van der Waals surface area contributed by atoms with Crippen LogP contribution in [0.4, 0.5) is 17.1 Å². The van der Waals surface area contributed by atoms with Gasteiger partial charge in [0.1, 0.15) is 5.69 Å². The average Bonchev–Trinajstić information content (AvgIpc) is 3.21. The number of hydrogen-bond donors (Lipinski definition) is 2. The molecule has 1 aliphatic heterocycles. The van der Waals surface area contributed by atoms with Gasteiger partial charge in [0.25, 0.3) is 5.91 Å². The van der Waals surface area contributed by atoms with Crippen LogP contribution in [0.3, 0.4) is 0 Å². The van der Waals surface area contributed by atoms with Gasteiger partial charge >= 0.3 is 0 Å². The van der Waals surface area contributed by atoms with Crippen LogP contribution in [0.25, 0.3) is 0 Å². The normalized spacial score (nSPS) is 15.6. The number of amides is 2. The second kappa shape index (κ2) is 14.2. The van der Waals surface area contributed by atoms with Crippen molar-refractivity contribution in [2.45, 2.75) is 56.6 Å². The molecule has 0 aliphatic carbocycles. The number of aryl methyl sites for hydroxylation is 1. The maximum atomic E-state index is 13.8. The SMILES string of the molecule is CCCCC(CC)C(=O)Nc1ccc(Cl)c(NC2=NN(c3c(Cl)cc(Cl)cc3Cl)C(=O)C2Sc2ccccc2C)c1. The Bertz CT molecular complexity index is 1460. The number of amidine groups is 1. The molecule has 3 aromatic rings. The predicted octanol–water partition coefficient (Wildman–Crippen LogP) is 9.70. The van der Waals surface area contributed by atoms with Crippen molar-refractivity contribution in [3.63, 3.8) is 0 Å². The topological polar surface area (TPSA) is 73.8 Å². The number of benzene rings is 3. The Hall–Kier alpha value is -2.42. The third-order valence-electron chi connectivity index (χ3n) is 6.69. The number of hydrazone groups is 1. The van der Waals surface area contributed by atoms with Gasteiger partial charge in [0.15, 0.2) is 11.1 Å². The van der Waals surface area contributed by atoms with Crippen molar-refractivity contribution < 1.29 is 9.59 Å². The van der Waals surface area contributed by atoms with Gasteiger partial charge in [0.2, 0.25) is 5.91 Å². The molecule has 41 heavy (non-hydrogen) atoms. The van der Waals surface area contributed by atoms with Crippen LogP contribution in [0.5, 0.6) is 0 Å². The molecule has 4 rings (SSSR count). The molecule has 6 nitrogen and oxygen atoms in total. The molecule has 0 saturated carbocycles. The van der Waals surface area contributed by atoms with Gasteiger partial charge in [0.05, 0.1) is 20.8 Å². The van der Waals surface area contributed by atoms with E-state index >= 15 is 0 Å². The van der Waals surface area contributed by atoms with Gasteiger partial charge < -0.3 is 10.6 Å². The van der Waals surface area contributed by atoms with Crippen LogP contribution in [0, 0.1) is 12.8 Å². The monoisotopic (exact) mass is 650 g/mol. The lowest BCUT2D eigenvalue weighted by Crippen LogP contribution is -2.32. The summed E-state index contributed by atoms with van der Waals surface area (Å²) in [5, 5.41) is 12.4. The number of anilines is 3. The number of carbonyl (C=O) groups excluding carboxylic acids is 2. The minimum Gasteiger partial charge on any atom is -0.340 e. The molecule has 2 amide bonds. The summed E-state index contributed by atoms with van der Waals surface area (Å²) in [5.41, 5.74) is 2.33. The minimum atomic E-state index is -0.758. The summed E-state index contributed by atoms with van der Waals surface area (Å²) in [6.45, 7) is 6.10. The van der Waals surface area contributed by atoms with Gasteiger partial charge in [-0.2, -0.15) is 5.01 Å². The van der Waals surface area contributed by atoms with E-state index < -0.39 is 5.25 Å². The molecule has 0 spiro atoms. The van der Waals surface area contributed by atoms with Gasteiger partial charge in [-0.05, 0) is 61.7 Å². The Labute approximate surface area is 264 Å². The Kier molecular flexibility index (Phi) is 10.9. The molecule has 2 N–H and O–H groups in total. The van der Waals surface area contributed by atoms with Gasteiger partial charge in [-0.25, -0.2) is 0 Å². The Morgan fingerprint density at radius 1 is 1.02 bits per heavy atom. The third kappa shape index (κ3) is 7.51. The summed E-state index contributed by atoms with van der Waals surface area (Å²) in [5.74, 6) is -0.107. The quantitative estimate of drug-likeness (QED) is 0.229. The van der Waals surface area contributed by atoms with Crippen LogP contribution < -0.4 is 15.6 Å². The van der Waals surface area contributed by atoms with Crippen molar-refractivity contribution in [3.8, 4) is 0 Å². The van der Waals surface area contributed by atoms with E-state index in [1.165, 1.54) is 28.9 Å². The van der Waals surface area contributed by atoms with E-state index in [1.54, 1.807) is 18.2 Å². The van der Waals surface area contributed by atoms with Crippen LogP contribution in [0.2, 0.25) is 20.1 Å². The van der Waals surface area contributed by atoms with E-state index in [-0.39, 0.29) is 33.5 Å². The zero-order valence-electron chi connectivity index (χ0n) is 22.8. The summed E-state index contributed by atoms with van der Waals surface area (Å²) >= 11 is 27.0. The van der Waals surface area contributed by atoms with E-state index in [0.717, 1.165) is 36.1 Å². The first-order valence-corrected chi connectivity index (χ1v) is 15.7. The molecule has 2 atom stereocenters. The zero-order chi connectivity index (χ0) is 29.7. The number of rotatable bonds is 10. The molecular formula is C30H30Cl4N4O2S. The number of carbonyl (C=O) groups is 2. The molecular weight excluding hydrogens is 622 g/mol. The number of halogens is 4. The molecule has 0 bridgehead atoms. The van der Waals surface area contributed by atoms with E-state index in [4.69, 9.17) is 46.4 Å². The molecule has 11 heteroatoms. The number of nitrogens with one attached hydrogen (secondary N) is 2. The molecule has 216 valence electrons. The Morgan fingerprint density at radius 3 is 2.39 bits per heavy atom. The second-order valence-corrected chi connectivity index (χ2v) is 12.5. The number of unbranched alkanes of at least 4 members (excludes halogenated alkanes) is 1. The highest BCUT2D eigenvalue weighted by atomic mass is 35.5. The predicted molar refractivity (Wildman–Crippen MR) is 174 cm³/mol. The molecule has 0 saturated heterocycles. The highest BCUT2D eigenvalue weighted by Gasteiger charge is 2.40. The molecule has 0 aromatic heterocycles. The molecule has 1 aliphatic rings. The first-order valence-electron chi connectivity index (χ1n) is 13.3. The van der Waals surface area contributed by atoms with Crippen LogP contribution in [-0.4, -0.2) is 22.9 Å². The smallest absolute Gasteiger partial charge is 0.268 e. The maximum absolute atomic E-state index is 13.8. The molecule has 3 aromatic carbocycles. The first-order chi connectivity index (χ1) is 19.6. The minimum absolute atomic E-state index is 0.0335. The molecule has 2 unspecified atom stereocenters.